The van der Waals surface area contributed by atoms with Crippen LogP contribution in [0.15, 0.2) is 42.5 Å². The van der Waals surface area contributed by atoms with E-state index in [0.29, 0.717) is 11.6 Å². The fourth-order valence-corrected chi connectivity index (χ4v) is 2.18. The second kappa shape index (κ2) is 7.20. The third-order valence-electron chi connectivity index (χ3n) is 3.14. The quantitative estimate of drug-likeness (QED) is 0.803. The van der Waals surface area contributed by atoms with Crippen molar-refractivity contribution >= 4 is 17.3 Å². The summed E-state index contributed by atoms with van der Waals surface area (Å²) >= 11 is 6.21. The number of halogens is 1. The molecule has 0 aliphatic heterocycles. The minimum atomic E-state index is 0.647. The van der Waals surface area contributed by atoms with Gasteiger partial charge in [-0.15, -0.1) is 0 Å². The first kappa shape index (κ1) is 14.7. The maximum absolute atomic E-state index is 6.21. The van der Waals surface area contributed by atoms with E-state index in [0.717, 1.165) is 24.4 Å². The lowest BCUT2D eigenvalue weighted by molar-refractivity contribution is 0.317. The van der Waals surface area contributed by atoms with Crippen LogP contribution < -0.4 is 10.1 Å². The second-order valence-electron chi connectivity index (χ2n) is 4.77. The number of hydrogen-bond donors (Lipinski definition) is 1. The summed E-state index contributed by atoms with van der Waals surface area (Å²) in [5.74, 6) is 0.745. The maximum Gasteiger partial charge on any atom is 0.138 e. The van der Waals surface area contributed by atoms with Gasteiger partial charge >= 0.3 is 0 Å². The first-order valence-corrected chi connectivity index (χ1v) is 7.29. The van der Waals surface area contributed by atoms with Crippen LogP contribution in [0.1, 0.15) is 24.5 Å². The molecule has 0 radical (unpaired) electrons. The first-order chi connectivity index (χ1) is 9.70. The van der Waals surface area contributed by atoms with Crippen molar-refractivity contribution in [2.45, 2.75) is 26.8 Å². The van der Waals surface area contributed by atoms with E-state index in [4.69, 9.17) is 16.3 Å². The largest absolute Gasteiger partial charge is 0.492 e. The Labute approximate surface area is 125 Å². The van der Waals surface area contributed by atoms with E-state index in [2.05, 4.69) is 43.4 Å². The molecule has 0 unspecified atom stereocenters. The lowest BCUT2D eigenvalue weighted by Crippen LogP contribution is -2.01. The summed E-state index contributed by atoms with van der Waals surface area (Å²) in [7, 11) is 0. The third-order valence-corrected chi connectivity index (χ3v) is 3.43. The number of nitrogens with one attached hydrogen (secondary N) is 1. The van der Waals surface area contributed by atoms with E-state index >= 15 is 0 Å². The van der Waals surface area contributed by atoms with Gasteiger partial charge in [-0.1, -0.05) is 42.8 Å². The summed E-state index contributed by atoms with van der Waals surface area (Å²) in [6.45, 7) is 5.67. The third kappa shape index (κ3) is 3.91. The standard InChI is InChI=1S/C17H20ClNO/c1-3-10-20-17-9-8-15(11-16(17)18)19-12-14-7-5-4-6-13(14)2/h4-9,11,19H,3,10,12H2,1-2H3. The van der Waals surface area contributed by atoms with Gasteiger partial charge < -0.3 is 10.1 Å². The van der Waals surface area contributed by atoms with Crippen LogP contribution in [0.3, 0.4) is 0 Å². The van der Waals surface area contributed by atoms with Crippen LogP contribution in [0.4, 0.5) is 5.69 Å². The van der Waals surface area contributed by atoms with Gasteiger partial charge in [-0.2, -0.15) is 0 Å². The summed E-state index contributed by atoms with van der Waals surface area (Å²) in [5.41, 5.74) is 3.58. The molecule has 1 N–H and O–H groups in total. The predicted molar refractivity (Wildman–Crippen MR) is 85.7 cm³/mol. The Bertz CT molecular complexity index is 569. The molecule has 0 fully saturated rings. The molecule has 0 spiro atoms. The summed E-state index contributed by atoms with van der Waals surface area (Å²) in [4.78, 5) is 0. The number of aryl methyl sites for hydroxylation is 1. The number of rotatable bonds is 6. The van der Waals surface area contributed by atoms with Gasteiger partial charge in [-0.3, -0.25) is 0 Å². The van der Waals surface area contributed by atoms with E-state index < -0.39 is 0 Å². The van der Waals surface area contributed by atoms with Crippen molar-refractivity contribution in [3.8, 4) is 5.75 Å². The van der Waals surface area contributed by atoms with Crippen LogP contribution >= 0.6 is 11.6 Å². The number of benzene rings is 2. The Morgan fingerprint density at radius 2 is 1.95 bits per heavy atom. The highest BCUT2D eigenvalue weighted by atomic mass is 35.5. The van der Waals surface area contributed by atoms with E-state index in [-0.39, 0.29) is 0 Å². The molecule has 0 saturated heterocycles. The van der Waals surface area contributed by atoms with Crippen molar-refractivity contribution in [1.29, 1.82) is 0 Å². The normalized spacial score (nSPS) is 10.3. The average Bonchev–Trinajstić information content (AvgIpc) is 2.45. The van der Waals surface area contributed by atoms with Crippen LogP contribution in [-0.2, 0) is 6.54 Å². The van der Waals surface area contributed by atoms with Gasteiger partial charge in [-0.05, 0) is 42.7 Å². The van der Waals surface area contributed by atoms with Crippen molar-refractivity contribution < 1.29 is 4.74 Å². The van der Waals surface area contributed by atoms with E-state index in [1.807, 2.05) is 18.2 Å². The second-order valence-corrected chi connectivity index (χ2v) is 5.18. The lowest BCUT2D eigenvalue weighted by Gasteiger charge is -2.11. The SMILES string of the molecule is CCCOc1ccc(NCc2ccccc2C)cc1Cl. The Balaban J connectivity index is 2.00. The van der Waals surface area contributed by atoms with Crippen LogP contribution in [0.25, 0.3) is 0 Å². The first-order valence-electron chi connectivity index (χ1n) is 6.91. The minimum Gasteiger partial charge on any atom is -0.492 e. The fourth-order valence-electron chi connectivity index (χ4n) is 1.95. The zero-order valence-electron chi connectivity index (χ0n) is 11.9. The zero-order valence-corrected chi connectivity index (χ0v) is 12.7. The van der Waals surface area contributed by atoms with E-state index in [1.165, 1.54) is 11.1 Å². The smallest absolute Gasteiger partial charge is 0.138 e. The molecule has 2 aromatic rings. The van der Waals surface area contributed by atoms with E-state index in [1.54, 1.807) is 0 Å². The van der Waals surface area contributed by atoms with Crippen molar-refractivity contribution in [2.75, 3.05) is 11.9 Å². The van der Waals surface area contributed by atoms with Gasteiger partial charge in [0.05, 0.1) is 11.6 Å². The predicted octanol–water partition coefficient (Wildman–Crippen LogP) is 5.05. The van der Waals surface area contributed by atoms with Gasteiger partial charge in [0, 0.05) is 12.2 Å². The summed E-state index contributed by atoms with van der Waals surface area (Å²) in [6.07, 6.45) is 0.976. The van der Waals surface area contributed by atoms with Crippen LogP contribution in [0.5, 0.6) is 5.75 Å². The van der Waals surface area contributed by atoms with Gasteiger partial charge in [0.2, 0.25) is 0 Å². The van der Waals surface area contributed by atoms with Crippen molar-refractivity contribution in [2.24, 2.45) is 0 Å². The Kier molecular flexibility index (Phi) is 5.31. The molecule has 3 heteroatoms. The van der Waals surface area contributed by atoms with Gasteiger partial charge in [0.15, 0.2) is 0 Å². The number of hydrogen-bond acceptors (Lipinski definition) is 2. The van der Waals surface area contributed by atoms with Crippen molar-refractivity contribution in [3.05, 3.63) is 58.6 Å². The fraction of sp³-hybridized carbons (Fsp3) is 0.294. The molecule has 0 amide bonds. The molecule has 2 nitrogen and oxygen atoms in total. The van der Waals surface area contributed by atoms with Crippen LogP contribution in [0, 0.1) is 6.92 Å². The van der Waals surface area contributed by atoms with Crippen molar-refractivity contribution in [1.82, 2.24) is 0 Å². The topological polar surface area (TPSA) is 21.3 Å². The molecule has 0 aliphatic carbocycles. The Morgan fingerprint density at radius 3 is 2.65 bits per heavy atom. The summed E-state index contributed by atoms with van der Waals surface area (Å²) in [6, 6.07) is 14.2. The molecule has 0 aromatic heterocycles. The molecule has 0 aliphatic rings. The highest BCUT2D eigenvalue weighted by molar-refractivity contribution is 6.32. The van der Waals surface area contributed by atoms with Gasteiger partial charge in [0.1, 0.15) is 5.75 Å². The summed E-state index contributed by atoms with van der Waals surface area (Å²) in [5, 5.41) is 4.03. The highest BCUT2D eigenvalue weighted by Gasteiger charge is 2.03. The van der Waals surface area contributed by atoms with Gasteiger partial charge in [0.25, 0.3) is 0 Å². The Morgan fingerprint density at radius 1 is 1.15 bits per heavy atom. The van der Waals surface area contributed by atoms with Crippen LogP contribution in [0.2, 0.25) is 5.02 Å². The van der Waals surface area contributed by atoms with Crippen LogP contribution in [-0.4, -0.2) is 6.61 Å². The molecule has 2 rings (SSSR count). The maximum atomic E-state index is 6.21. The molecular weight excluding hydrogens is 270 g/mol. The number of ether oxygens (including phenoxy) is 1. The molecular formula is C17H20ClNO. The molecule has 2 aromatic carbocycles. The molecule has 0 heterocycles. The van der Waals surface area contributed by atoms with E-state index in [9.17, 15) is 0 Å². The molecule has 0 atom stereocenters. The number of anilines is 1. The highest BCUT2D eigenvalue weighted by Crippen LogP contribution is 2.28. The molecule has 20 heavy (non-hydrogen) atoms. The van der Waals surface area contributed by atoms with Crippen molar-refractivity contribution in [3.63, 3.8) is 0 Å². The Hall–Kier alpha value is -1.67. The summed E-state index contributed by atoms with van der Waals surface area (Å²) < 4.78 is 5.56. The monoisotopic (exact) mass is 289 g/mol. The van der Waals surface area contributed by atoms with Gasteiger partial charge in [-0.25, -0.2) is 0 Å². The lowest BCUT2D eigenvalue weighted by atomic mass is 10.1. The molecule has 106 valence electrons. The zero-order chi connectivity index (χ0) is 14.4. The average molecular weight is 290 g/mol. The molecule has 0 bridgehead atoms. The molecule has 0 saturated carbocycles. The minimum absolute atomic E-state index is 0.647.